The van der Waals surface area contributed by atoms with Crippen LogP contribution < -0.4 is 5.73 Å². The van der Waals surface area contributed by atoms with E-state index in [0.717, 1.165) is 12.3 Å². The molecule has 0 saturated carbocycles. The Hall–Kier alpha value is -0.300. The average molecular weight is 125 g/mol. The molecular formula is C8H15N. The fourth-order valence-corrected chi connectivity index (χ4v) is 1.36. The maximum Gasteiger partial charge on any atom is 0.0105 e. The molecule has 0 saturated heterocycles. The normalized spacial score (nSPS) is 34.9. The Labute approximate surface area is 56.9 Å². The summed E-state index contributed by atoms with van der Waals surface area (Å²) in [5, 5.41) is 0. The van der Waals surface area contributed by atoms with Crippen LogP contribution in [0.2, 0.25) is 0 Å². The molecule has 9 heavy (non-hydrogen) atoms. The van der Waals surface area contributed by atoms with Crippen molar-refractivity contribution in [2.45, 2.75) is 32.2 Å². The Morgan fingerprint density at radius 1 is 1.44 bits per heavy atom. The van der Waals surface area contributed by atoms with Gasteiger partial charge in [-0.25, -0.2) is 0 Å². The van der Waals surface area contributed by atoms with Gasteiger partial charge in [0.1, 0.15) is 0 Å². The quantitative estimate of drug-likeness (QED) is 0.530. The third kappa shape index (κ3) is 1.55. The van der Waals surface area contributed by atoms with E-state index >= 15 is 0 Å². The van der Waals surface area contributed by atoms with E-state index in [-0.39, 0.29) is 0 Å². The van der Waals surface area contributed by atoms with Gasteiger partial charge in [0.15, 0.2) is 0 Å². The van der Waals surface area contributed by atoms with Crippen molar-refractivity contribution in [2.24, 2.45) is 11.7 Å². The molecule has 2 atom stereocenters. The number of nitrogens with two attached hydrogens (primary N) is 1. The van der Waals surface area contributed by atoms with Crippen molar-refractivity contribution in [3.8, 4) is 0 Å². The molecule has 1 aliphatic rings. The first-order chi connectivity index (χ1) is 4.34. The molecular weight excluding hydrogens is 110 g/mol. The van der Waals surface area contributed by atoms with E-state index in [4.69, 9.17) is 5.73 Å². The van der Waals surface area contributed by atoms with Gasteiger partial charge in [0.25, 0.3) is 0 Å². The molecule has 0 aromatic rings. The van der Waals surface area contributed by atoms with Crippen LogP contribution in [0.1, 0.15) is 26.2 Å². The summed E-state index contributed by atoms with van der Waals surface area (Å²) in [6, 6.07) is 0.431. The molecule has 1 aliphatic carbocycles. The second-order valence-electron chi connectivity index (χ2n) is 2.77. The molecule has 0 radical (unpaired) electrons. The Kier molecular flexibility index (Phi) is 2.29. The highest BCUT2D eigenvalue weighted by atomic mass is 14.6. The van der Waals surface area contributed by atoms with E-state index in [1.165, 1.54) is 12.8 Å². The highest BCUT2D eigenvalue weighted by molar-refractivity contribution is 4.95. The zero-order chi connectivity index (χ0) is 6.69. The van der Waals surface area contributed by atoms with E-state index in [9.17, 15) is 0 Å². The van der Waals surface area contributed by atoms with Gasteiger partial charge < -0.3 is 5.73 Å². The van der Waals surface area contributed by atoms with E-state index in [1.807, 2.05) is 0 Å². The Balaban J connectivity index is 2.43. The summed E-state index contributed by atoms with van der Waals surface area (Å²) in [5.41, 5.74) is 5.84. The summed E-state index contributed by atoms with van der Waals surface area (Å²) >= 11 is 0. The number of allylic oxidation sites excluding steroid dienone is 1. The first kappa shape index (κ1) is 6.81. The summed E-state index contributed by atoms with van der Waals surface area (Å²) in [6.45, 7) is 2.21. The van der Waals surface area contributed by atoms with Crippen LogP contribution in [0.3, 0.4) is 0 Å². The van der Waals surface area contributed by atoms with Gasteiger partial charge >= 0.3 is 0 Å². The maximum absolute atomic E-state index is 5.84. The monoisotopic (exact) mass is 125 g/mol. The van der Waals surface area contributed by atoms with Crippen molar-refractivity contribution in [1.82, 2.24) is 0 Å². The van der Waals surface area contributed by atoms with Crippen LogP contribution in [0.25, 0.3) is 0 Å². The molecule has 0 bridgehead atoms. The molecule has 1 nitrogen and oxygen atoms in total. The average Bonchev–Trinajstić information content (AvgIpc) is 1.89. The largest absolute Gasteiger partial charge is 0.327 e. The van der Waals surface area contributed by atoms with Crippen LogP contribution in [-0.4, -0.2) is 6.04 Å². The third-order valence-electron chi connectivity index (χ3n) is 2.14. The summed E-state index contributed by atoms with van der Waals surface area (Å²) < 4.78 is 0. The summed E-state index contributed by atoms with van der Waals surface area (Å²) in [4.78, 5) is 0. The van der Waals surface area contributed by atoms with Crippen molar-refractivity contribution in [1.29, 1.82) is 0 Å². The zero-order valence-electron chi connectivity index (χ0n) is 6.01. The highest BCUT2D eigenvalue weighted by Gasteiger charge is 2.15. The standard InChI is InChI=1S/C8H15N/c1-2-7-5-3-4-6-8(7)9/h3-4,7-8H,2,5-6,9H2,1H3. The molecule has 2 N–H and O–H groups in total. The van der Waals surface area contributed by atoms with E-state index in [0.29, 0.717) is 6.04 Å². The Bertz CT molecular complexity index is 107. The van der Waals surface area contributed by atoms with Crippen molar-refractivity contribution < 1.29 is 0 Å². The van der Waals surface area contributed by atoms with Gasteiger partial charge in [-0.2, -0.15) is 0 Å². The molecule has 0 amide bonds. The lowest BCUT2D eigenvalue weighted by Gasteiger charge is -2.23. The molecule has 1 heteroatoms. The molecule has 2 unspecified atom stereocenters. The van der Waals surface area contributed by atoms with Crippen LogP contribution in [0.5, 0.6) is 0 Å². The van der Waals surface area contributed by atoms with Crippen LogP contribution in [0, 0.1) is 5.92 Å². The van der Waals surface area contributed by atoms with Crippen LogP contribution >= 0.6 is 0 Å². The van der Waals surface area contributed by atoms with Gasteiger partial charge in [0, 0.05) is 6.04 Å². The minimum atomic E-state index is 0.431. The van der Waals surface area contributed by atoms with E-state index in [2.05, 4.69) is 19.1 Å². The van der Waals surface area contributed by atoms with Crippen molar-refractivity contribution in [3.05, 3.63) is 12.2 Å². The zero-order valence-corrected chi connectivity index (χ0v) is 6.01. The predicted molar refractivity (Wildman–Crippen MR) is 40.1 cm³/mol. The molecule has 0 fully saturated rings. The van der Waals surface area contributed by atoms with Gasteiger partial charge in [0.05, 0.1) is 0 Å². The lowest BCUT2D eigenvalue weighted by Crippen LogP contribution is -2.30. The fourth-order valence-electron chi connectivity index (χ4n) is 1.36. The lowest BCUT2D eigenvalue weighted by atomic mass is 9.88. The summed E-state index contributed by atoms with van der Waals surface area (Å²) in [6.07, 6.45) is 7.94. The van der Waals surface area contributed by atoms with Crippen LogP contribution in [0.4, 0.5) is 0 Å². The third-order valence-corrected chi connectivity index (χ3v) is 2.14. The smallest absolute Gasteiger partial charge is 0.0105 e. The first-order valence-electron chi connectivity index (χ1n) is 3.75. The van der Waals surface area contributed by atoms with Crippen molar-refractivity contribution in [3.63, 3.8) is 0 Å². The van der Waals surface area contributed by atoms with Crippen LogP contribution in [-0.2, 0) is 0 Å². The minimum absolute atomic E-state index is 0.431. The Morgan fingerprint density at radius 3 is 2.56 bits per heavy atom. The molecule has 0 heterocycles. The summed E-state index contributed by atoms with van der Waals surface area (Å²) in [5.74, 6) is 0.745. The van der Waals surface area contributed by atoms with Crippen LogP contribution in [0.15, 0.2) is 12.2 Å². The lowest BCUT2D eigenvalue weighted by molar-refractivity contribution is 0.399. The van der Waals surface area contributed by atoms with E-state index < -0.39 is 0 Å². The van der Waals surface area contributed by atoms with E-state index in [1.54, 1.807) is 0 Å². The topological polar surface area (TPSA) is 26.0 Å². The molecule has 0 aliphatic heterocycles. The maximum atomic E-state index is 5.84. The second-order valence-corrected chi connectivity index (χ2v) is 2.77. The molecule has 0 spiro atoms. The summed E-state index contributed by atoms with van der Waals surface area (Å²) in [7, 11) is 0. The van der Waals surface area contributed by atoms with Gasteiger partial charge in [-0.05, 0) is 18.8 Å². The molecule has 0 aromatic carbocycles. The second kappa shape index (κ2) is 3.02. The Morgan fingerprint density at radius 2 is 2.11 bits per heavy atom. The van der Waals surface area contributed by atoms with Gasteiger partial charge in [-0.3, -0.25) is 0 Å². The molecule has 0 aromatic heterocycles. The van der Waals surface area contributed by atoms with Gasteiger partial charge in [-0.15, -0.1) is 0 Å². The fraction of sp³-hybridized carbons (Fsp3) is 0.750. The van der Waals surface area contributed by atoms with Crippen molar-refractivity contribution in [2.75, 3.05) is 0 Å². The van der Waals surface area contributed by atoms with Gasteiger partial charge in [0.2, 0.25) is 0 Å². The molecule has 52 valence electrons. The number of hydrogen-bond donors (Lipinski definition) is 1. The first-order valence-corrected chi connectivity index (χ1v) is 3.75. The highest BCUT2D eigenvalue weighted by Crippen LogP contribution is 2.19. The SMILES string of the molecule is CCC1CC=CCC1N. The molecule has 1 rings (SSSR count). The predicted octanol–water partition coefficient (Wildman–Crippen LogP) is 1.69. The van der Waals surface area contributed by atoms with Gasteiger partial charge in [-0.1, -0.05) is 25.5 Å². The number of rotatable bonds is 1. The van der Waals surface area contributed by atoms with Crippen molar-refractivity contribution >= 4 is 0 Å². The number of hydrogen-bond acceptors (Lipinski definition) is 1. The minimum Gasteiger partial charge on any atom is -0.327 e.